The maximum Gasteiger partial charge on any atom is 0.296 e. The Morgan fingerprint density at radius 3 is 2.74 bits per heavy atom. The van der Waals surface area contributed by atoms with Crippen LogP contribution >= 0.6 is 23.1 Å². The first kappa shape index (κ1) is 26.6. The molecule has 0 fully saturated rings. The van der Waals surface area contributed by atoms with Gasteiger partial charge in [0.05, 0.1) is 24.5 Å². The first-order chi connectivity index (χ1) is 19.0. The number of ketones is 1. The fraction of sp³-hybridized carbons (Fsp3) is 0.214. The molecule has 8 nitrogen and oxygen atoms in total. The Morgan fingerprint density at radius 2 is 2.00 bits per heavy atom. The van der Waals surface area contributed by atoms with E-state index in [4.69, 9.17) is 9.15 Å². The predicted molar refractivity (Wildman–Crippen MR) is 146 cm³/mol. The molecular weight excluding hydrogens is 541 g/mol. The van der Waals surface area contributed by atoms with E-state index in [9.17, 15) is 19.1 Å². The summed E-state index contributed by atoms with van der Waals surface area (Å²) in [5, 5.41) is 19.6. The lowest BCUT2D eigenvalue weighted by Gasteiger charge is -2.24. The number of benzene rings is 2. The lowest BCUT2D eigenvalue weighted by molar-refractivity contribution is -0.117. The third-order valence-corrected chi connectivity index (χ3v) is 8.14. The van der Waals surface area contributed by atoms with Crippen LogP contribution in [0.15, 0.2) is 87.0 Å². The Kier molecular flexibility index (Phi) is 8.08. The van der Waals surface area contributed by atoms with Gasteiger partial charge in [-0.2, -0.15) is 0 Å². The number of ether oxygens (including phenoxy) is 1. The Hall–Kier alpha value is -3.96. The summed E-state index contributed by atoms with van der Waals surface area (Å²) >= 11 is 2.54. The van der Waals surface area contributed by atoms with Crippen LogP contribution in [0, 0.1) is 5.82 Å². The second-order valence-electron chi connectivity index (χ2n) is 8.69. The van der Waals surface area contributed by atoms with Crippen molar-refractivity contribution in [2.45, 2.75) is 35.9 Å². The molecule has 3 heterocycles. The summed E-state index contributed by atoms with van der Waals surface area (Å²) in [4.78, 5) is 28.1. The molecule has 1 N–H and O–H groups in total. The van der Waals surface area contributed by atoms with E-state index in [1.807, 2.05) is 0 Å². The lowest BCUT2D eigenvalue weighted by Crippen LogP contribution is -2.31. The Balaban J connectivity index is 1.47. The number of aliphatic hydroxyl groups is 1. The number of rotatable bonds is 11. The number of anilines is 1. The molecule has 1 aliphatic rings. The standard InChI is InChI=1S/C28H24FN3O5S2/c1-2-3-13-36-20-7-4-6-18(15-20)23-22(24(33)21-8-5-14-37-21)25(34)26(35)32(23)27-30-31-28(39-27)38-16-17-9-11-19(29)12-10-17/h4-12,14-15,23,34H,2-3,13,16H2,1H3. The van der Waals surface area contributed by atoms with Crippen molar-refractivity contribution in [2.24, 2.45) is 0 Å². The van der Waals surface area contributed by atoms with Gasteiger partial charge in [0.25, 0.3) is 5.91 Å². The van der Waals surface area contributed by atoms with Gasteiger partial charge in [-0.15, -0.1) is 10.2 Å². The molecule has 1 aliphatic heterocycles. The molecule has 200 valence electrons. The highest BCUT2D eigenvalue weighted by molar-refractivity contribution is 8.00. The molecule has 5 rings (SSSR count). The highest BCUT2D eigenvalue weighted by Crippen LogP contribution is 2.44. The van der Waals surface area contributed by atoms with E-state index < -0.39 is 23.5 Å². The van der Waals surface area contributed by atoms with Crippen molar-refractivity contribution in [3.05, 3.63) is 101 Å². The van der Waals surface area contributed by atoms with Crippen molar-refractivity contribution >= 4 is 39.9 Å². The van der Waals surface area contributed by atoms with Crippen LogP contribution in [0.25, 0.3) is 0 Å². The highest BCUT2D eigenvalue weighted by atomic mass is 32.2. The second-order valence-corrected chi connectivity index (χ2v) is 10.9. The molecular formula is C28H24FN3O5S2. The van der Waals surface area contributed by atoms with Gasteiger partial charge in [0, 0.05) is 5.75 Å². The third-order valence-electron chi connectivity index (χ3n) is 6.02. The van der Waals surface area contributed by atoms with Crippen LogP contribution in [-0.2, 0) is 10.5 Å². The molecule has 0 radical (unpaired) electrons. The molecule has 1 atom stereocenters. The van der Waals surface area contributed by atoms with Gasteiger partial charge in [-0.05, 0) is 53.9 Å². The zero-order valence-electron chi connectivity index (χ0n) is 20.9. The number of aromatic nitrogens is 2. The second kappa shape index (κ2) is 11.8. The van der Waals surface area contributed by atoms with E-state index in [1.54, 1.807) is 42.5 Å². The van der Waals surface area contributed by atoms with E-state index in [0.717, 1.165) is 29.7 Å². The number of carbonyl (C=O) groups is 2. The smallest absolute Gasteiger partial charge is 0.296 e. The van der Waals surface area contributed by atoms with Crippen molar-refractivity contribution in [3.8, 4) is 5.75 Å². The van der Waals surface area contributed by atoms with E-state index in [2.05, 4.69) is 17.1 Å². The first-order valence-electron chi connectivity index (χ1n) is 12.2. The van der Waals surface area contributed by atoms with E-state index in [0.29, 0.717) is 28.0 Å². The number of furan rings is 1. The van der Waals surface area contributed by atoms with Crippen LogP contribution in [0.1, 0.15) is 47.5 Å². The van der Waals surface area contributed by atoms with Crippen LogP contribution in [0.5, 0.6) is 5.75 Å². The molecule has 2 aromatic carbocycles. The van der Waals surface area contributed by atoms with Gasteiger partial charge >= 0.3 is 0 Å². The zero-order chi connectivity index (χ0) is 27.4. The Labute approximate surface area is 232 Å². The number of aliphatic hydroxyl groups excluding tert-OH is 1. The summed E-state index contributed by atoms with van der Waals surface area (Å²) < 4.78 is 24.9. The van der Waals surface area contributed by atoms with Crippen LogP contribution in [0.4, 0.5) is 9.52 Å². The quantitative estimate of drug-likeness (QED) is 0.0948. The van der Waals surface area contributed by atoms with Crippen molar-refractivity contribution in [1.82, 2.24) is 10.2 Å². The van der Waals surface area contributed by atoms with E-state index in [1.165, 1.54) is 41.1 Å². The molecule has 0 spiro atoms. The van der Waals surface area contributed by atoms with Gasteiger partial charge in [0.1, 0.15) is 11.6 Å². The normalized spacial score (nSPS) is 15.3. The fourth-order valence-corrected chi connectivity index (χ4v) is 5.91. The molecule has 2 aromatic heterocycles. The molecule has 4 aromatic rings. The molecule has 1 unspecified atom stereocenters. The highest BCUT2D eigenvalue weighted by Gasteiger charge is 2.46. The number of halogens is 1. The number of nitrogens with zero attached hydrogens (tertiary/aromatic N) is 3. The summed E-state index contributed by atoms with van der Waals surface area (Å²) in [6, 6.07) is 15.3. The topological polar surface area (TPSA) is 106 Å². The van der Waals surface area contributed by atoms with Gasteiger partial charge in [0.15, 0.2) is 15.9 Å². The summed E-state index contributed by atoms with van der Waals surface area (Å²) in [6.07, 6.45) is 3.21. The summed E-state index contributed by atoms with van der Waals surface area (Å²) in [5.41, 5.74) is 1.35. The minimum absolute atomic E-state index is 0.000596. The average Bonchev–Trinajstić information content (AvgIpc) is 3.69. The minimum Gasteiger partial charge on any atom is -0.503 e. The fourth-order valence-electron chi connectivity index (χ4n) is 4.08. The van der Waals surface area contributed by atoms with Gasteiger partial charge in [-0.1, -0.05) is 60.7 Å². The third kappa shape index (κ3) is 5.74. The summed E-state index contributed by atoms with van der Waals surface area (Å²) in [6.45, 7) is 2.59. The number of amides is 1. The largest absolute Gasteiger partial charge is 0.503 e. The van der Waals surface area contributed by atoms with E-state index in [-0.39, 0.29) is 22.3 Å². The maximum atomic E-state index is 13.4. The average molecular weight is 566 g/mol. The molecule has 0 aliphatic carbocycles. The Morgan fingerprint density at radius 1 is 1.18 bits per heavy atom. The molecule has 39 heavy (non-hydrogen) atoms. The molecule has 0 saturated heterocycles. The predicted octanol–water partition coefficient (Wildman–Crippen LogP) is 6.52. The zero-order valence-corrected chi connectivity index (χ0v) is 22.5. The summed E-state index contributed by atoms with van der Waals surface area (Å²) in [5.74, 6) is -1.25. The maximum absolute atomic E-state index is 13.4. The van der Waals surface area contributed by atoms with Gasteiger partial charge in [-0.25, -0.2) is 4.39 Å². The lowest BCUT2D eigenvalue weighted by atomic mass is 9.95. The Bertz CT molecular complexity index is 1500. The number of hydrogen-bond acceptors (Lipinski definition) is 9. The van der Waals surface area contributed by atoms with Crippen molar-refractivity contribution in [3.63, 3.8) is 0 Å². The molecule has 0 bridgehead atoms. The molecule has 1 amide bonds. The number of hydrogen-bond donors (Lipinski definition) is 1. The van der Waals surface area contributed by atoms with Crippen LogP contribution in [0.2, 0.25) is 0 Å². The first-order valence-corrected chi connectivity index (χ1v) is 14.0. The molecule has 0 saturated carbocycles. The van der Waals surface area contributed by atoms with Crippen LogP contribution in [-0.4, -0.2) is 33.6 Å². The van der Waals surface area contributed by atoms with Crippen LogP contribution in [0.3, 0.4) is 0 Å². The number of carbonyl (C=O) groups excluding carboxylic acids is 2. The van der Waals surface area contributed by atoms with Gasteiger partial charge in [-0.3, -0.25) is 14.5 Å². The van der Waals surface area contributed by atoms with Crippen LogP contribution < -0.4 is 9.64 Å². The number of unbranched alkanes of at least 4 members (excludes halogenated alkanes) is 1. The number of Topliss-reactive ketones (excluding diaryl/α,β-unsaturated/α-hetero) is 1. The van der Waals surface area contributed by atoms with Gasteiger partial charge in [0.2, 0.25) is 10.9 Å². The summed E-state index contributed by atoms with van der Waals surface area (Å²) in [7, 11) is 0. The van der Waals surface area contributed by atoms with E-state index >= 15 is 0 Å². The monoisotopic (exact) mass is 565 g/mol. The SMILES string of the molecule is CCCCOc1cccc(C2C(C(=O)c3ccco3)=C(O)C(=O)N2c2nnc(SCc3ccc(F)cc3)s2)c1. The van der Waals surface area contributed by atoms with Gasteiger partial charge < -0.3 is 14.3 Å². The minimum atomic E-state index is -0.979. The molecule has 11 heteroatoms. The van der Waals surface area contributed by atoms with Crippen molar-refractivity contribution in [1.29, 1.82) is 0 Å². The number of thioether (sulfide) groups is 1. The van der Waals surface area contributed by atoms with Crippen molar-refractivity contribution < 1.29 is 28.2 Å². The van der Waals surface area contributed by atoms with Crippen molar-refractivity contribution in [2.75, 3.05) is 11.5 Å².